The number of carbonyl (C=O) groups is 1. The maximum atomic E-state index is 12.3. The predicted octanol–water partition coefficient (Wildman–Crippen LogP) is 2.80. The summed E-state index contributed by atoms with van der Waals surface area (Å²) in [5.74, 6) is 0.946. The normalized spacial score (nSPS) is 13.3. The van der Waals surface area contributed by atoms with Crippen LogP contribution in [-0.4, -0.2) is 32.2 Å². The molecule has 0 aliphatic carbocycles. The van der Waals surface area contributed by atoms with Gasteiger partial charge >= 0.3 is 0 Å². The Bertz CT molecular complexity index is 797. The molecule has 0 bridgehead atoms. The molecule has 0 saturated carbocycles. The van der Waals surface area contributed by atoms with Gasteiger partial charge in [-0.25, -0.2) is 8.42 Å². The molecule has 126 valence electrons. The minimum atomic E-state index is -3.73. The van der Waals surface area contributed by atoms with Crippen LogP contribution in [0.2, 0.25) is 4.34 Å². The summed E-state index contributed by atoms with van der Waals surface area (Å²) in [6.45, 7) is 3.29. The number of nitrogens with one attached hydrogen (secondary N) is 1. The van der Waals surface area contributed by atoms with Gasteiger partial charge in [-0.05, 0) is 38.1 Å². The van der Waals surface area contributed by atoms with E-state index in [1.165, 1.54) is 19.2 Å². The molecular weight excluding hydrogens is 360 g/mol. The summed E-state index contributed by atoms with van der Waals surface area (Å²) in [6, 6.07) is 6.16. The van der Waals surface area contributed by atoms with E-state index in [4.69, 9.17) is 16.0 Å². The molecule has 2 aromatic rings. The highest BCUT2D eigenvalue weighted by molar-refractivity contribution is 7.91. The highest BCUT2D eigenvalue weighted by Crippen LogP contribution is 2.27. The van der Waals surface area contributed by atoms with Crippen LogP contribution in [0.25, 0.3) is 0 Å². The number of hydrogen-bond acceptors (Lipinski definition) is 5. The predicted molar refractivity (Wildman–Crippen MR) is 89.1 cm³/mol. The average molecular weight is 377 g/mol. The molecule has 0 radical (unpaired) electrons. The fraction of sp³-hybridized carbons (Fsp3) is 0.357. The number of carbonyl (C=O) groups excluding carboxylic acids is 1. The van der Waals surface area contributed by atoms with Crippen molar-refractivity contribution >= 4 is 38.9 Å². The molecule has 0 fully saturated rings. The van der Waals surface area contributed by atoms with Gasteiger partial charge in [-0.15, -0.1) is 11.3 Å². The minimum absolute atomic E-state index is 0.104. The lowest BCUT2D eigenvalue weighted by Gasteiger charge is -2.17. The number of furan rings is 1. The summed E-state index contributed by atoms with van der Waals surface area (Å²) in [4.78, 5) is 12.0. The molecule has 0 aromatic carbocycles. The van der Waals surface area contributed by atoms with Crippen LogP contribution in [0, 0.1) is 6.92 Å². The molecule has 0 saturated heterocycles. The number of thiophene rings is 1. The first kappa shape index (κ1) is 18.0. The van der Waals surface area contributed by atoms with Gasteiger partial charge in [-0.2, -0.15) is 4.31 Å². The number of halogens is 1. The van der Waals surface area contributed by atoms with Crippen LogP contribution in [0.3, 0.4) is 0 Å². The van der Waals surface area contributed by atoms with E-state index >= 15 is 0 Å². The molecule has 9 heteroatoms. The Kier molecular flexibility index (Phi) is 5.51. The first-order valence-corrected chi connectivity index (χ1v) is 9.41. The lowest BCUT2D eigenvalue weighted by molar-refractivity contribution is -0.121. The van der Waals surface area contributed by atoms with Crippen LogP contribution in [-0.2, 0) is 14.8 Å². The van der Waals surface area contributed by atoms with Crippen molar-refractivity contribution in [3.05, 3.63) is 40.1 Å². The lowest BCUT2D eigenvalue weighted by Crippen LogP contribution is -2.39. The van der Waals surface area contributed by atoms with Gasteiger partial charge in [0, 0.05) is 7.05 Å². The number of aryl methyl sites for hydroxylation is 1. The Morgan fingerprint density at radius 2 is 2.09 bits per heavy atom. The SMILES string of the molecule is Cc1ccc(C(C)NC(=O)CN(C)S(=O)(=O)c2ccc(Cl)s2)o1. The standard InChI is InChI=1S/C14H17ClN2O4S2/c1-9-4-5-11(21-9)10(2)16-13(18)8-17(3)23(19,20)14-7-6-12(15)22-14/h4-7,10H,8H2,1-3H3,(H,16,18). The minimum Gasteiger partial charge on any atom is -0.464 e. The van der Waals surface area contributed by atoms with Crippen molar-refractivity contribution in [3.63, 3.8) is 0 Å². The van der Waals surface area contributed by atoms with Crippen molar-refractivity contribution in [2.45, 2.75) is 24.1 Å². The second kappa shape index (κ2) is 7.04. The maximum Gasteiger partial charge on any atom is 0.252 e. The number of amides is 1. The molecule has 1 atom stereocenters. The molecule has 1 unspecified atom stereocenters. The zero-order valence-electron chi connectivity index (χ0n) is 12.9. The molecule has 1 amide bonds. The summed E-state index contributed by atoms with van der Waals surface area (Å²) in [5, 5.41) is 2.71. The van der Waals surface area contributed by atoms with E-state index in [1.54, 1.807) is 19.1 Å². The Labute approximate surface area is 144 Å². The molecule has 1 N–H and O–H groups in total. The highest BCUT2D eigenvalue weighted by Gasteiger charge is 2.25. The second-order valence-corrected chi connectivity index (χ2v) is 9.04. The monoisotopic (exact) mass is 376 g/mol. The topological polar surface area (TPSA) is 79.6 Å². The van der Waals surface area contributed by atoms with Crippen LogP contribution in [0.4, 0.5) is 0 Å². The lowest BCUT2D eigenvalue weighted by atomic mass is 10.2. The van der Waals surface area contributed by atoms with Crippen LogP contribution < -0.4 is 5.32 Å². The summed E-state index contributed by atoms with van der Waals surface area (Å²) in [7, 11) is -2.37. The molecule has 0 aliphatic rings. The van der Waals surface area contributed by atoms with E-state index < -0.39 is 15.9 Å². The van der Waals surface area contributed by atoms with Crippen molar-refractivity contribution in [2.75, 3.05) is 13.6 Å². The molecule has 0 aliphatic heterocycles. The molecule has 2 aromatic heterocycles. The number of sulfonamides is 1. The second-order valence-electron chi connectivity index (χ2n) is 5.06. The van der Waals surface area contributed by atoms with E-state index in [0.29, 0.717) is 10.1 Å². The van der Waals surface area contributed by atoms with Gasteiger partial charge in [0.1, 0.15) is 15.7 Å². The van der Waals surface area contributed by atoms with Gasteiger partial charge in [0.25, 0.3) is 10.0 Å². The maximum absolute atomic E-state index is 12.3. The highest BCUT2D eigenvalue weighted by atomic mass is 35.5. The zero-order chi connectivity index (χ0) is 17.2. The third-order valence-corrected chi connectivity index (χ3v) is 6.65. The molecule has 23 heavy (non-hydrogen) atoms. The van der Waals surface area contributed by atoms with Crippen LogP contribution in [0.5, 0.6) is 0 Å². The van der Waals surface area contributed by atoms with E-state index in [9.17, 15) is 13.2 Å². The van der Waals surface area contributed by atoms with E-state index in [2.05, 4.69) is 5.32 Å². The Morgan fingerprint density at radius 3 is 2.61 bits per heavy atom. The first-order chi connectivity index (χ1) is 10.7. The van der Waals surface area contributed by atoms with Crippen LogP contribution >= 0.6 is 22.9 Å². The molecule has 2 heterocycles. The molecule has 0 spiro atoms. The van der Waals surface area contributed by atoms with Gasteiger partial charge in [-0.3, -0.25) is 4.79 Å². The van der Waals surface area contributed by atoms with Crippen LogP contribution in [0.1, 0.15) is 24.5 Å². The summed E-state index contributed by atoms with van der Waals surface area (Å²) in [6.07, 6.45) is 0. The van der Waals surface area contributed by atoms with E-state index in [1.807, 2.05) is 6.92 Å². The van der Waals surface area contributed by atoms with Gasteiger partial charge in [-0.1, -0.05) is 11.6 Å². The Hall–Kier alpha value is -1.35. The van der Waals surface area contributed by atoms with Crippen molar-refractivity contribution < 1.29 is 17.6 Å². The summed E-state index contributed by atoms with van der Waals surface area (Å²) >= 11 is 6.71. The Morgan fingerprint density at radius 1 is 1.39 bits per heavy atom. The molecule has 2 rings (SSSR count). The van der Waals surface area contributed by atoms with Gasteiger partial charge in [0.2, 0.25) is 5.91 Å². The van der Waals surface area contributed by atoms with E-state index in [-0.39, 0.29) is 16.8 Å². The van der Waals surface area contributed by atoms with Crippen molar-refractivity contribution in [2.24, 2.45) is 0 Å². The quantitative estimate of drug-likeness (QED) is 0.840. The number of likely N-dealkylation sites (N-methyl/N-ethyl adjacent to an activating group) is 1. The Balaban J connectivity index is 1.99. The van der Waals surface area contributed by atoms with Crippen molar-refractivity contribution in [3.8, 4) is 0 Å². The molecule has 6 nitrogen and oxygen atoms in total. The number of rotatable bonds is 6. The number of nitrogens with zero attached hydrogens (tertiary/aromatic N) is 1. The van der Waals surface area contributed by atoms with Crippen molar-refractivity contribution in [1.29, 1.82) is 0 Å². The molecular formula is C14H17ClN2O4S2. The largest absolute Gasteiger partial charge is 0.464 e. The smallest absolute Gasteiger partial charge is 0.252 e. The average Bonchev–Trinajstić information content (AvgIpc) is 3.07. The first-order valence-electron chi connectivity index (χ1n) is 6.77. The summed E-state index contributed by atoms with van der Waals surface area (Å²) in [5.41, 5.74) is 0. The van der Waals surface area contributed by atoms with Gasteiger partial charge in [0.15, 0.2) is 0 Å². The fourth-order valence-corrected chi connectivity index (χ4v) is 4.74. The van der Waals surface area contributed by atoms with Gasteiger partial charge in [0.05, 0.1) is 16.9 Å². The third kappa shape index (κ3) is 4.35. The number of hydrogen-bond donors (Lipinski definition) is 1. The van der Waals surface area contributed by atoms with Gasteiger partial charge < -0.3 is 9.73 Å². The van der Waals surface area contributed by atoms with Crippen LogP contribution in [0.15, 0.2) is 32.9 Å². The summed E-state index contributed by atoms with van der Waals surface area (Å²) < 4.78 is 31.5. The third-order valence-electron chi connectivity index (χ3n) is 3.14. The fourth-order valence-electron chi connectivity index (χ4n) is 1.92. The zero-order valence-corrected chi connectivity index (χ0v) is 15.3. The van der Waals surface area contributed by atoms with Crippen molar-refractivity contribution in [1.82, 2.24) is 9.62 Å². The van der Waals surface area contributed by atoms with E-state index in [0.717, 1.165) is 21.4 Å².